The fraction of sp³-hybridized carbons (Fsp3) is 0.727. The van der Waals surface area contributed by atoms with Gasteiger partial charge in [0.1, 0.15) is 0 Å². The Morgan fingerprint density at radius 3 is 2.53 bits per heavy atom. The number of amides is 2. The molecular formula is C11H18N2O4. The molecule has 0 spiro atoms. The lowest BCUT2D eigenvalue weighted by Gasteiger charge is -2.29. The summed E-state index contributed by atoms with van der Waals surface area (Å²) >= 11 is 0. The summed E-state index contributed by atoms with van der Waals surface area (Å²) in [5.41, 5.74) is 0. The highest BCUT2D eigenvalue weighted by molar-refractivity contribution is 5.80. The molecule has 1 saturated heterocycles. The van der Waals surface area contributed by atoms with E-state index in [2.05, 4.69) is 5.32 Å². The van der Waals surface area contributed by atoms with Crippen molar-refractivity contribution < 1.29 is 19.5 Å². The summed E-state index contributed by atoms with van der Waals surface area (Å²) in [6.07, 6.45) is 2.01. The van der Waals surface area contributed by atoms with Crippen LogP contribution in [0.5, 0.6) is 0 Å². The molecule has 0 aliphatic carbocycles. The van der Waals surface area contributed by atoms with E-state index in [1.807, 2.05) is 0 Å². The van der Waals surface area contributed by atoms with Gasteiger partial charge in [-0.3, -0.25) is 14.4 Å². The number of carboxylic acids is 1. The van der Waals surface area contributed by atoms with Crippen molar-refractivity contribution >= 4 is 18.3 Å². The van der Waals surface area contributed by atoms with Crippen LogP contribution in [-0.4, -0.2) is 47.4 Å². The Morgan fingerprint density at radius 2 is 2.06 bits per heavy atom. The summed E-state index contributed by atoms with van der Waals surface area (Å²) in [6.45, 7) is 2.86. The summed E-state index contributed by atoms with van der Waals surface area (Å²) in [5, 5.41) is 11.3. The van der Waals surface area contributed by atoms with E-state index in [9.17, 15) is 14.4 Å². The van der Waals surface area contributed by atoms with E-state index in [0.29, 0.717) is 25.9 Å². The van der Waals surface area contributed by atoms with Crippen molar-refractivity contribution in [1.82, 2.24) is 10.2 Å². The summed E-state index contributed by atoms with van der Waals surface area (Å²) in [5.74, 6) is -1.14. The van der Waals surface area contributed by atoms with Crippen LogP contribution < -0.4 is 5.32 Å². The molecule has 0 aromatic heterocycles. The Hall–Kier alpha value is -1.59. The van der Waals surface area contributed by atoms with Crippen LogP contribution in [0.15, 0.2) is 0 Å². The predicted octanol–water partition coefficient (Wildman–Crippen LogP) is -0.166. The standard InChI is InChI=1S/C11H18N2O4/c1-8(6-10(15)16)12-11(17)9-2-4-13(7-14)5-3-9/h7-9H,2-6H2,1H3,(H,12,17)(H,15,16). The first-order valence-electron chi connectivity index (χ1n) is 5.74. The first-order valence-corrected chi connectivity index (χ1v) is 5.74. The van der Waals surface area contributed by atoms with Gasteiger partial charge in [-0.2, -0.15) is 0 Å². The second-order valence-corrected chi connectivity index (χ2v) is 4.42. The van der Waals surface area contributed by atoms with E-state index in [-0.39, 0.29) is 24.3 Å². The number of carbonyl (C=O) groups excluding carboxylic acids is 2. The highest BCUT2D eigenvalue weighted by Crippen LogP contribution is 2.16. The van der Waals surface area contributed by atoms with Crippen LogP contribution in [0.2, 0.25) is 0 Å². The number of carboxylic acid groups (broad SMARTS) is 1. The topological polar surface area (TPSA) is 86.7 Å². The zero-order chi connectivity index (χ0) is 12.8. The Labute approximate surface area is 100.0 Å². The van der Waals surface area contributed by atoms with Crippen molar-refractivity contribution in [2.45, 2.75) is 32.2 Å². The van der Waals surface area contributed by atoms with Crippen LogP contribution in [0.4, 0.5) is 0 Å². The first kappa shape index (κ1) is 13.5. The Morgan fingerprint density at radius 1 is 1.47 bits per heavy atom. The van der Waals surface area contributed by atoms with Crippen molar-refractivity contribution in [3.63, 3.8) is 0 Å². The minimum absolute atomic E-state index is 0.0705. The average molecular weight is 242 g/mol. The molecule has 1 unspecified atom stereocenters. The molecule has 1 rings (SSSR count). The maximum atomic E-state index is 11.8. The molecular weight excluding hydrogens is 224 g/mol. The predicted molar refractivity (Wildman–Crippen MR) is 60.2 cm³/mol. The summed E-state index contributed by atoms with van der Waals surface area (Å²) in [4.78, 5) is 34.4. The van der Waals surface area contributed by atoms with Gasteiger partial charge in [0, 0.05) is 25.0 Å². The normalized spacial score (nSPS) is 18.5. The molecule has 1 fully saturated rings. The van der Waals surface area contributed by atoms with Crippen LogP contribution in [0.1, 0.15) is 26.2 Å². The van der Waals surface area contributed by atoms with Gasteiger partial charge in [-0.05, 0) is 19.8 Å². The lowest BCUT2D eigenvalue weighted by molar-refractivity contribution is -0.138. The number of aliphatic carboxylic acids is 1. The van der Waals surface area contributed by atoms with Gasteiger partial charge in [0.15, 0.2) is 0 Å². The van der Waals surface area contributed by atoms with Crippen molar-refractivity contribution in [2.75, 3.05) is 13.1 Å². The molecule has 6 heteroatoms. The van der Waals surface area contributed by atoms with Crippen LogP contribution in [0.3, 0.4) is 0 Å². The number of nitrogens with one attached hydrogen (secondary N) is 1. The average Bonchev–Trinajstić information content (AvgIpc) is 2.28. The molecule has 0 saturated carbocycles. The maximum absolute atomic E-state index is 11.8. The third-order valence-electron chi connectivity index (χ3n) is 2.92. The number of rotatable bonds is 5. The Bertz CT molecular complexity index is 298. The van der Waals surface area contributed by atoms with Gasteiger partial charge in [-0.25, -0.2) is 0 Å². The number of hydrogen-bond donors (Lipinski definition) is 2. The molecule has 0 aromatic rings. The highest BCUT2D eigenvalue weighted by Gasteiger charge is 2.25. The summed E-state index contributed by atoms with van der Waals surface area (Å²) in [6, 6.07) is -0.357. The Balaban J connectivity index is 2.33. The molecule has 2 N–H and O–H groups in total. The number of nitrogens with zero attached hydrogens (tertiary/aromatic N) is 1. The third-order valence-corrected chi connectivity index (χ3v) is 2.92. The molecule has 0 radical (unpaired) electrons. The van der Waals surface area contributed by atoms with Gasteiger partial charge in [-0.15, -0.1) is 0 Å². The van der Waals surface area contributed by atoms with Gasteiger partial charge in [0.25, 0.3) is 0 Å². The molecule has 0 bridgehead atoms. The lowest BCUT2D eigenvalue weighted by Crippen LogP contribution is -2.43. The molecule has 1 aliphatic rings. The second-order valence-electron chi connectivity index (χ2n) is 4.42. The molecule has 1 atom stereocenters. The van der Waals surface area contributed by atoms with E-state index in [4.69, 9.17) is 5.11 Å². The zero-order valence-electron chi connectivity index (χ0n) is 9.89. The number of piperidine rings is 1. The van der Waals surface area contributed by atoms with E-state index >= 15 is 0 Å². The molecule has 96 valence electrons. The highest BCUT2D eigenvalue weighted by atomic mass is 16.4. The van der Waals surface area contributed by atoms with Crippen LogP contribution in [-0.2, 0) is 14.4 Å². The van der Waals surface area contributed by atoms with Crippen molar-refractivity contribution in [2.24, 2.45) is 5.92 Å². The van der Waals surface area contributed by atoms with Crippen LogP contribution >= 0.6 is 0 Å². The monoisotopic (exact) mass is 242 g/mol. The summed E-state index contributed by atoms with van der Waals surface area (Å²) in [7, 11) is 0. The largest absolute Gasteiger partial charge is 0.481 e. The van der Waals surface area contributed by atoms with Gasteiger partial charge < -0.3 is 15.3 Å². The molecule has 0 aromatic carbocycles. The fourth-order valence-electron chi connectivity index (χ4n) is 1.94. The van der Waals surface area contributed by atoms with E-state index in [1.165, 1.54) is 0 Å². The third kappa shape index (κ3) is 4.42. The lowest BCUT2D eigenvalue weighted by atomic mass is 9.96. The number of hydrogen-bond acceptors (Lipinski definition) is 3. The van der Waals surface area contributed by atoms with Gasteiger partial charge in [0.2, 0.25) is 12.3 Å². The van der Waals surface area contributed by atoms with Crippen molar-refractivity contribution in [3.8, 4) is 0 Å². The van der Waals surface area contributed by atoms with Crippen molar-refractivity contribution in [3.05, 3.63) is 0 Å². The fourth-order valence-corrected chi connectivity index (χ4v) is 1.94. The van der Waals surface area contributed by atoms with Gasteiger partial charge in [0.05, 0.1) is 6.42 Å². The quantitative estimate of drug-likeness (QED) is 0.655. The summed E-state index contributed by atoms with van der Waals surface area (Å²) < 4.78 is 0. The van der Waals surface area contributed by atoms with Gasteiger partial charge >= 0.3 is 5.97 Å². The minimum atomic E-state index is -0.923. The van der Waals surface area contributed by atoms with E-state index in [0.717, 1.165) is 6.41 Å². The first-order chi connectivity index (χ1) is 8.02. The second kappa shape index (κ2) is 6.22. The maximum Gasteiger partial charge on any atom is 0.305 e. The molecule has 1 heterocycles. The zero-order valence-corrected chi connectivity index (χ0v) is 9.89. The molecule has 2 amide bonds. The molecule has 6 nitrogen and oxygen atoms in total. The molecule has 17 heavy (non-hydrogen) atoms. The molecule has 1 aliphatic heterocycles. The smallest absolute Gasteiger partial charge is 0.305 e. The van der Waals surface area contributed by atoms with Gasteiger partial charge in [-0.1, -0.05) is 0 Å². The van der Waals surface area contributed by atoms with E-state index in [1.54, 1.807) is 11.8 Å². The minimum Gasteiger partial charge on any atom is -0.481 e. The van der Waals surface area contributed by atoms with Crippen LogP contribution in [0, 0.1) is 5.92 Å². The Kier molecular flexibility index (Phi) is 4.93. The number of likely N-dealkylation sites (tertiary alicyclic amines) is 1. The number of carbonyl (C=O) groups is 3. The van der Waals surface area contributed by atoms with Crippen molar-refractivity contribution in [1.29, 1.82) is 0 Å². The SMILES string of the molecule is CC(CC(=O)O)NC(=O)C1CCN(C=O)CC1. The van der Waals surface area contributed by atoms with E-state index < -0.39 is 5.97 Å². The van der Waals surface area contributed by atoms with Crippen LogP contribution in [0.25, 0.3) is 0 Å².